The first kappa shape index (κ1) is 15.9. The van der Waals surface area contributed by atoms with E-state index < -0.39 is 6.57 Å². The van der Waals surface area contributed by atoms with Crippen molar-refractivity contribution in [3.63, 3.8) is 0 Å². The summed E-state index contributed by atoms with van der Waals surface area (Å²) in [6.07, 6.45) is 4.47. The van der Waals surface area contributed by atoms with Crippen LogP contribution in [0.4, 0.5) is 5.82 Å². The van der Waals surface area contributed by atoms with Crippen molar-refractivity contribution in [2.24, 2.45) is 10.7 Å². The lowest BCUT2D eigenvalue weighted by molar-refractivity contribution is 0.627. The van der Waals surface area contributed by atoms with Gasteiger partial charge < -0.3 is 15.2 Å². The van der Waals surface area contributed by atoms with Crippen molar-refractivity contribution in [1.29, 1.82) is 0 Å². The number of H-pyrrole nitrogens is 1. The number of hydrogen-bond acceptors (Lipinski definition) is 4. The number of aromatic nitrogens is 2. The van der Waals surface area contributed by atoms with Crippen LogP contribution in [0.15, 0.2) is 53.8 Å². The van der Waals surface area contributed by atoms with Gasteiger partial charge in [0, 0.05) is 29.8 Å². The zero-order chi connectivity index (χ0) is 17.3. The molecule has 1 atom stereocenters. The van der Waals surface area contributed by atoms with Gasteiger partial charge in [0.05, 0.1) is 0 Å². The fraction of sp³-hybridized carbons (Fsp3) is 0.125. The maximum Gasteiger partial charge on any atom is 0.303 e. The van der Waals surface area contributed by atoms with Gasteiger partial charge in [-0.05, 0) is 42.0 Å². The van der Waals surface area contributed by atoms with E-state index in [0.29, 0.717) is 18.1 Å². The molecule has 9 heteroatoms. The summed E-state index contributed by atoms with van der Waals surface area (Å²) < 4.78 is 5.75. The molecule has 0 fully saturated rings. The molecule has 3 aromatic rings. The molecule has 0 spiro atoms. The van der Waals surface area contributed by atoms with Gasteiger partial charge in [0.15, 0.2) is 17.5 Å². The lowest BCUT2D eigenvalue weighted by Gasteiger charge is -2.17. The van der Waals surface area contributed by atoms with E-state index >= 15 is 0 Å². The minimum absolute atomic E-state index is 0.267. The predicted octanol–water partition coefficient (Wildman–Crippen LogP) is 2.74. The highest BCUT2D eigenvalue weighted by molar-refractivity contribution is 8.12. The number of benzene rings is 1. The molecule has 2 aromatic heterocycles. The number of nitrogens with two attached hydrogens (primary N) is 1. The van der Waals surface area contributed by atoms with Gasteiger partial charge in [0.2, 0.25) is 0 Å². The molecule has 1 unspecified atom stereocenters. The van der Waals surface area contributed by atoms with Gasteiger partial charge in [-0.25, -0.2) is 4.98 Å². The normalized spacial score (nSPS) is 19.3. The average molecular weight is 372 g/mol. The van der Waals surface area contributed by atoms with Crippen molar-refractivity contribution < 1.29 is 4.52 Å². The maximum atomic E-state index is 5.98. The highest BCUT2D eigenvalue weighted by Gasteiger charge is 2.30. The fourth-order valence-electron chi connectivity index (χ4n) is 2.72. The topological polar surface area (TPSA) is 100 Å². The number of aliphatic imine (C=N–C) groups is 1. The summed E-state index contributed by atoms with van der Waals surface area (Å²) >= 11 is 5.50. The van der Waals surface area contributed by atoms with Crippen LogP contribution in [0.5, 0.6) is 5.75 Å². The Balaban J connectivity index is 1.39. The van der Waals surface area contributed by atoms with Crippen molar-refractivity contribution in [3.05, 3.63) is 54.4 Å². The molecule has 128 valence electrons. The molecule has 3 heterocycles. The average Bonchev–Trinajstić information content (AvgIpc) is 3.15. The van der Waals surface area contributed by atoms with Gasteiger partial charge in [0.25, 0.3) is 0 Å². The van der Waals surface area contributed by atoms with Gasteiger partial charge >= 0.3 is 6.57 Å². The Morgan fingerprint density at radius 1 is 1.32 bits per heavy atom. The standard InChI is InChI=1S/C16H17N6OPS/c17-16(22-24(25)21-15-14(23-24)6-3-8-18-15)19-9-7-11-10-20-13-5-2-1-4-12(11)13/h1-6,8,10,20H,7,9H2,(H4,17,18,19,21,22,25). The first-order valence-corrected chi connectivity index (χ1v) is 10.5. The maximum absolute atomic E-state index is 5.98. The highest BCUT2D eigenvalue weighted by Crippen LogP contribution is 2.52. The minimum Gasteiger partial charge on any atom is -0.429 e. The minimum atomic E-state index is -2.54. The molecule has 0 saturated carbocycles. The van der Waals surface area contributed by atoms with E-state index in [4.69, 9.17) is 22.1 Å². The van der Waals surface area contributed by atoms with Crippen molar-refractivity contribution in [2.45, 2.75) is 6.42 Å². The summed E-state index contributed by atoms with van der Waals surface area (Å²) in [6, 6.07) is 11.8. The van der Waals surface area contributed by atoms with Crippen LogP contribution in [-0.2, 0) is 18.2 Å². The molecule has 5 N–H and O–H groups in total. The molecule has 25 heavy (non-hydrogen) atoms. The van der Waals surface area contributed by atoms with Crippen molar-refractivity contribution in [3.8, 4) is 5.75 Å². The molecule has 7 nitrogen and oxygen atoms in total. The second-order valence-electron chi connectivity index (χ2n) is 5.59. The smallest absolute Gasteiger partial charge is 0.303 e. The summed E-state index contributed by atoms with van der Waals surface area (Å²) in [5.41, 5.74) is 8.31. The zero-order valence-electron chi connectivity index (χ0n) is 13.3. The number of rotatable bonds is 4. The molecule has 0 aliphatic carbocycles. The molecule has 1 aliphatic heterocycles. The number of guanidine groups is 1. The molecule has 4 rings (SSSR count). The summed E-state index contributed by atoms with van der Waals surface area (Å²) in [6.45, 7) is -1.98. The summed E-state index contributed by atoms with van der Waals surface area (Å²) in [4.78, 5) is 11.8. The molecule has 0 saturated heterocycles. The Morgan fingerprint density at radius 3 is 3.08 bits per heavy atom. The van der Waals surface area contributed by atoms with E-state index in [1.54, 1.807) is 12.3 Å². The number of fused-ring (bicyclic) bond motifs is 2. The SMILES string of the molecule is NC(=NCCc1c[nH]c2ccccc12)NP1(=S)Nc2ncccc2O1. The summed E-state index contributed by atoms with van der Waals surface area (Å²) in [5.74, 6) is 1.53. The van der Waals surface area contributed by atoms with E-state index in [1.165, 1.54) is 10.9 Å². The van der Waals surface area contributed by atoms with Crippen LogP contribution in [0.25, 0.3) is 10.9 Å². The molecular formula is C16H17N6OPS. The second kappa shape index (κ2) is 6.38. The summed E-state index contributed by atoms with van der Waals surface area (Å²) in [5, 5.41) is 7.28. The Morgan fingerprint density at radius 2 is 2.20 bits per heavy atom. The number of nitrogens with one attached hydrogen (secondary N) is 3. The van der Waals surface area contributed by atoms with E-state index in [-0.39, 0.29) is 5.96 Å². The van der Waals surface area contributed by atoms with Crippen molar-refractivity contribution >= 4 is 41.1 Å². The zero-order valence-corrected chi connectivity index (χ0v) is 15.0. The van der Waals surface area contributed by atoms with Gasteiger partial charge in [-0.1, -0.05) is 18.2 Å². The van der Waals surface area contributed by atoms with Gasteiger partial charge in [-0.3, -0.25) is 15.2 Å². The third-order valence-corrected chi connectivity index (χ3v) is 6.11. The molecule has 1 aromatic carbocycles. The van der Waals surface area contributed by atoms with E-state index in [2.05, 4.69) is 37.3 Å². The molecular weight excluding hydrogens is 355 g/mol. The number of nitrogens with zero attached hydrogens (tertiary/aromatic N) is 2. The Labute approximate surface area is 149 Å². The number of para-hydroxylation sites is 1. The van der Waals surface area contributed by atoms with Crippen LogP contribution >= 0.6 is 6.57 Å². The van der Waals surface area contributed by atoms with E-state index in [9.17, 15) is 0 Å². The number of aromatic amines is 1. The largest absolute Gasteiger partial charge is 0.429 e. The first-order chi connectivity index (χ1) is 12.1. The lowest BCUT2D eigenvalue weighted by Crippen LogP contribution is -2.31. The van der Waals surface area contributed by atoms with Crippen LogP contribution in [0.3, 0.4) is 0 Å². The quantitative estimate of drug-likeness (QED) is 0.319. The molecule has 0 amide bonds. The van der Waals surface area contributed by atoms with Crippen LogP contribution in [0, 0.1) is 0 Å². The van der Waals surface area contributed by atoms with Gasteiger partial charge in [-0.15, -0.1) is 0 Å². The Bertz CT molecular complexity index is 972. The van der Waals surface area contributed by atoms with Crippen molar-refractivity contribution in [2.75, 3.05) is 11.6 Å². The lowest BCUT2D eigenvalue weighted by atomic mass is 10.1. The monoisotopic (exact) mass is 372 g/mol. The highest BCUT2D eigenvalue weighted by atomic mass is 32.4. The number of hydrogen-bond donors (Lipinski definition) is 4. The molecule has 1 aliphatic rings. The van der Waals surface area contributed by atoms with Crippen LogP contribution in [0.1, 0.15) is 5.56 Å². The second-order valence-corrected chi connectivity index (χ2v) is 8.87. The third-order valence-electron chi connectivity index (χ3n) is 3.85. The first-order valence-electron chi connectivity index (χ1n) is 7.79. The molecule has 0 bridgehead atoms. The van der Waals surface area contributed by atoms with Crippen molar-refractivity contribution in [1.82, 2.24) is 15.1 Å². The third kappa shape index (κ3) is 3.31. The number of anilines is 1. The Hall–Kier alpha value is -2.57. The fourth-order valence-corrected chi connectivity index (χ4v) is 4.89. The van der Waals surface area contributed by atoms with E-state index in [0.717, 1.165) is 11.9 Å². The van der Waals surface area contributed by atoms with Gasteiger partial charge in [0.1, 0.15) is 0 Å². The predicted molar refractivity (Wildman–Crippen MR) is 104 cm³/mol. The number of pyridine rings is 1. The Kier molecular flexibility index (Phi) is 4.07. The van der Waals surface area contributed by atoms with E-state index in [1.807, 2.05) is 24.4 Å². The van der Waals surface area contributed by atoms with Gasteiger partial charge in [-0.2, -0.15) is 0 Å². The molecule has 0 radical (unpaired) electrons. The van der Waals surface area contributed by atoms with Crippen LogP contribution in [0.2, 0.25) is 0 Å². The van der Waals surface area contributed by atoms with Crippen LogP contribution in [-0.4, -0.2) is 22.5 Å². The summed E-state index contributed by atoms with van der Waals surface area (Å²) in [7, 11) is 0. The van der Waals surface area contributed by atoms with Crippen LogP contribution < -0.4 is 20.4 Å².